The average Bonchev–Trinajstić information content (AvgIpc) is 2.15. The summed E-state index contributed by atoms with van der Waals surface area (Å²) in [7, 11) is 0. The van der Waals surface area contributed by atoms with E-state index in [-0.39, 0.29) is 0 Å². The average molecular weight is 277 g/mol. The Kier molecular flexibility index (Phi) is 4.27. The molecule has 0 saturated heterocycles. The first-order chi connectivity index (χ1) is 6.60. The predicted octanol–water partition coefficient (Wildman–Crippen LogP) is 4.26. The zero-order valence-corrected chi connectivity index (χ0v) is 11.1. The van der Waals surface area contributed by atoms with Crippen molar-refractivity contribution in [3.05, 3.63) is 27.2 Å². The zero-order valence-electron chi connectivity index (χ0n) is 8.77. The largest absolute Gasteiger partial charge is 0.371 e. The summed E-state index contributed by atoms with van der Waals surface area (Å²) in [5.74, 6) is 0. The van der Waals surface area contributed by atoms with Crippen LogP contribution in [0.15, 0.2) is 16.6 Å². The molecule has 0 atom stereocenters. The second-order valence-electron chi connectivity index (χ2n) is 3.23. The first-order valence-corrected chi connectivity index (χ1v) is 5.97. The first kappa shape index (κ1) is 11.9. The van der Waals surface area contributed by atoms with Gasteiger partial charge in [-0.05, 0) is 54.4 Å². The van der Waals surface area contributed by atoms with Crippen molar-refractivity contribution >= 4 is 33.2 Å². The molecule has 0 aliphatic heterocycles. The molecule has 0 aliphatic carbocycles. The highest BCUT2D eigenvalue weighted by atomic mass is 79.9. The zero-order chi connectivity index (χ0) is 10.7. The Labute approximate surface area is 99.2 Å². The lowest BCUT2D eigenvalue weighted by Gasteiger charge is -2.23. The molecule has 0 amide bonds. The van der Waals surface area contributed by atoms with Crippen molar-refractivity contribution in [3.8, 4) is 0 Å². The smallest absolute Gasteiger partial charge is 0.0525 e. The van der Waals surface area contributed by atoms with Gasteiger partial charge in [-0.3, -0.25) is 0 Å². The Morgan fingerprint density at radius 3 is 2.36 bits per heavy atom. The van der Waals surface area contributed by atoms with Crippen LogP contribution >= 0.6 is 27.5 Å². The Hall–Kier alpha value is -0.210. The van der Waals surface area contributed by atoms with Crippen LogP contribution in [-0.2, 0) is 0 Å². The summed E-state index contributed by atoms with van der Waals surface area (Å²) in [5.41, 5.74) is 2.28. The molecule has 0 heterocycles. The maximum atomic E-state index is 6.10. The number of aryl methyl sites for hydroxylation is 1. The molecule has 0 saturated carbocycles. The first-order valence-electron chi connectivity index (χ1n) is 4.80. The standard InChI is InChI=1S/C11H15BrClN/c1-4-14(5-2)11-7-10(13)8(3)6-9(11)12/h6-7H,4-5H2,1-3H3. The van der Waals surface area contributed by atoms with Crippen molar-refractivity contribution in [1.82, 2.24) is 0 Å². The molecular weight excluding hydrogens is 261 g/mol. The normalized spacial score (nSPS) is 10.4. The van der Waals surface area contributed by atoms with E-state index < -0.39 is 0 Å². The van der Waals surface area contributed by atoms with E-state index in [1.54, 1.807) is 0 Å². The topological polar surface area (TPSA) is 3.24 Å². The van der Waals surface area contributed by atoms with E-state index in [4.69, 9.17) is 11.6 Å². The Bertz CT molecular complexity index is 321. The molecule has 1 rings (SSSR count). The highest BCUT2D eigenvalue weighted by Gasteiger charge is 2.08. The number of benzene rings is 1. The summed E-state index contributed by atoms with van der Waals surface area (Å²) in [6, 6.07) is 4.09. The van der Waals surface area contributed by atoms with Gasteiger partial charge < -0.3 is 4.90 Å². The van der Waals surface area contributed by atoms with Crippen molar-refractivity contribution in [1.29, 1.82) is 0 Å². The SMILES string of the molecule is CCN(CC)c1cc(Cl)c(C)cc1Br. The highest BCUT2D eigenvalue weighted by molar-refractivity contribution is 9.10. The van der Waals surface area contributed by atoms with E-state index in [1.165, 1.54) is 5.69 Å². The maximum Gasteiger partial charge on any atom is 0.0525 e. The van der Waals surface area contributed by atoms with E-state index in [0.29, 0.717) is 0 Å². The Morgan fingerprint density at radius 1 is 1.29 bits per heavy atom. The minimum Gasteiger partial charge on any atom is -0.371 e. The summed E-state index contributed by atoms with van der Waals surface area (Å²) in [5, 5.41) is 0.829. The van der Waals surface area contributed by atoms with Crippen LogP contribution in [0.1, 0.15) is 19.4 Å². The highest BCUT2D eigenvalue weighted by Crippen LogP contribution is 2.31. The summed E-state index contributed by atoms with van der Waals surface area (Å²) in [4.78, 5) is 2.27. The number of hydrogen-bond donors (Lipinski definition) is 0. The number of nitrogens with zero attached hydrogens (tertiary/aromatic N) is 1. The minimum absolute atomic E-state index is 0.829. The van der Waals surface area contributed by atoms with Crippen LogP contribution < -0.4 is 4.90 Å². The predicted molar refractivity (Wildman–Crippen MR) is 67.5 cm³/mol. The maximum absolute atomic E-state index is 6.10. The fraction of sp³-hybridized carbons (Fsp3) is 0.455. The van der Waals surface area contributed by atoms with Crippen LogP contribution in [0.4, 0.5) is 5.69 Å². The third kappa shape index (κ3) is 2.43. The number of rotatable bonds is 3. The summed E-state index contributed by atoms with van der Waals surface area (Å²) >= 11 is 9.66. The van der Waals surface area contributed by atoms with E-state index in [0.717, 1.165) is 28.1 Å². The van der Waals surface area contributed by atoms with Gasteiger partial charge in [0, 0.05) is 22.6 Å². The van der Waals surface area contributed by atoms with Gasteiger partial charge in [0.05, 0.1) is 5.69 Å². The molecule has 0 bridgehead atoms. The van der Waals surface area contributed by atoms with Gasteiger partial charge in [-0.25, -0.2) is 0 Å². The van der Waals surface area contributed by atoms with Crippen molar-refractivity contribution in [2.45, 2.75) is 20.8 Å². The van der Waals surface area contributed by atoms with Gasteiger partial charge in [0.1, 0.15) is 0 Å². The molecule has 0 radical (unpaired) electrons. The number of hydrogen-bond acceptors (Lipinski definition) is 1. The molecule has 0 N–H and O–H groups in total. The fourth-order valence-electron chi connectivity index (χ4n) is 1.44. The Morgan fingerprint density at radius 2 is 1.86 bits per heavy atom. The van der Waals surface area contributed by atoms with Gasteiger partial charge in [0.25, 0.3) is 0 Å². The van der Waals surface area contributed by atoms with Crippen molar-refractivity contribution in [2.75, 3.05) is 18.0 Å². The van der Waals surface area contributed by atoms with Crippen LogP contribution in [0.3, 0.4) is 0 Å². The van der Waals surface area contributed by atoms with Crippen LogP contribution in [0.5, 0.6) is 0 Å². The van der Waals surface area contributed by atoms with Gasteiger partial charge in [-0.1, -0.05) is 11.6 Å². The van der Waals surface area contributed by atoms with Gasteiger partial charge in [0.2, 0.25) is 0 Å². The quantitative estimate of drug-likeness (QED) is 0.797. The summed E-state index contributed by atoms with van der Waals surface area (Å²) in [6.07, 6.45) is 0. The van der Waals surface area contributed by atoms with E-state index in [9.17, 15) is 0 Å². The molecule has 0 spiro atoms. The fourth-order valence-corrected chi connectivity index (χ4v) is 2.31. The lowest BCUT2D eigenvalue weighted by molar-refractivity contribution is 0.863. The molecule has 0 aromatic heterocycles. The molecule has 0 fully saturated rings. The summed E-state index contributed by atoms with van der Waals surface area (Å²) in [6.45, 7) is 8.29. The lowest BCUT2D eigenvalue weighted by atomic mass is 10.2. The molecule has 1 aromatic rings. The second-order valence-corrected chi connectivity index (χ2v) is 4.49. The van der Waals surface area contributed by atoms with Gasteiger partial charge in [-0.15, -0.1) is 0 Å². The van der Waals surface area contributed by atoms with Crippen molar-refractivity contribution < 1.29 is 0 Å². The molecule has 1 nitrogen and oxygen atoms in total. The van der Waals surface area contributed by atoms with E-state index in [1.807, 2.05) is 13.0 Å². The van der Waals surface area contributed by atoms with E-state index in [2.05, 4.69) is 40.7 Å². The second kappa shape index (κ2) is 5.04. The number of anilines is 1. The van der Waals surface area contributed by atoms with Gasteiger partial charge in [-0.2, -0.15) is 0 Å². The van der Waals surface area contributed by atoms with Gasteiger partial charge >= 0.3 is 0 Å². The minimum atomic E-state index is 0.829. The third-order valence-electron chi connectivity index (χ3n) is 2.33. The van der Waals surface area contributed by atoms with Crippen LogP contribution in [0, 0.1) is 6.92 Å². The van der Waals surface area contributed by atoms with Crippen LogP contribution in [0.25, 0.3) is 0 Å². The number of halogens is 2. The molecule has 3 heteroatoms. The molecule has 1 aromatic carbocycles. The molecular formula is C11H15BrClN. The van der Waals surface area contributed by atoms with E-state index >= 15 is 0 Å². The van der Waals surface area contributed by atoms with Crippen LogP contribution in [-0.4, -0.2) is 13.1 Å². The van der Waals surface area contributed by atoms with Crippen molar-refractivity contribution in [3.63, 3.8) is 0 Å². The molecule has 78 valence electrons. The monoisotopic (exact) mass is 275 g/mol. The molecule has 0 aliphatic rings. The van der Waals surface area contributed by atoms with Crippen LogP contribution in [0.2, 0.25) is 5.02 Å². The summed E-state index contributed by atoms with van der Waals surface area (Å²) < 4.78 is 1.11. The van der Waals surface area contributed by atoms with Crippen molar-refractivity contribution in [2.24, 2.45) is 0 Å². The Balaban J connectivity index is 3.14. The molecule has 14 heavy (non-hydrogen) atoms. The van der Waals surface area contributed by atoms with Gasteiger partial charge in [0.15, 0.2) is 0 Å². The lowest BCUT2D eigenvalue weighted by Crippen LogP contribution is -2.22. The molecule has 0 unspecified atom stereocenters. The third-order valence-corrected chi connectivity index (χ3v) is 3.37.